The van der Waals surface area contributed by atoms with Crippen molar-refractivity contribution < 1.29 is 21.6 Å². The molecule has 1 N–H and O–H groups in total. The second-order valence-electron chi connectivity index (χ2n) is 4.47. The third-order valence-corrected chi connectivity index (χ3v) is 4.08. The Bertz CT molecular complexity index is 556. The van der Waals surface area contributed by atoms with E-state index in [1.807, 2.05) is 0 Å². The molecule has 0 atom stereocenters. The molecule has 0 fully saturated rings. The van der Waals surface area contributed by atoms with Crippen LogP contribution in [-0.2, 0) is 16.2 Å². The highest BCUT2D eigenvalue weighted by atomic mass is 35.5. The van der Waals surface area contributed by atoms with E-state index >= 15 is 0 Å². The Kier molecular flexibility index (Phi) is 4.73. The van der Waals surface area contributed by atoms with Crippen molar-refractivity contribution in [1.29, 1.82) is 0 Å². The molecule has 1 aromatic carbocycles. The van der Waals surface area contributed by atoms with Crippen LogP contribution < -0.4 is 4.72 Å². The zero-order valence-electron chi connectivity index (χ0n) is 10.3. The molecule has 0 saturated carbocycles. The van der Waals surface area contributed by atoms with Gasteiger partial charge in [-0.15, -0.1) is 0 Å². The number of sulfonamides is 1. The summed E-state index contributed by atoms with van der Waals surface area (Å²) in [6.07, 6.45) is -4.63. The van der Waals surface area contributed by atoms with Crippen molar-refractivity contribution in [3.63, 3.8) is 0 Å². The maximum absolute atomic E-state index is 12.6. The topological polar surface area (TPSA) is 46.2 Å². The number of benzene rings is 1. The number of alkyl halides is 3. The fraction of sp³-hybridized carbons (Fsp3) is 0.455. The molecule has 108 valence electrons. The Labute approximate surface area is 114 Å². The molecule has 0 heterocycles. The molecule has 19 heavy (non-hydrogen) atoms. The van der Waals surface area contributed by atoms with E-state index in [-0.39, 0.29) is 17.4 Å². The van der Waals surface area contributed by atoms with Gasteiger partial charge in [0.2, 0.25) is 10.0 Å². The molecule has 0 aromatic heterocycles. The van der Waals surface area contributed by atoms with E-state index in [1.165, 1.54) is 6.07 Å². The van der Waals surface area contributed by atoms with Crippen molar-refractivity contribution in [1.82, 2.24) is 0 Å². The minimum Gasteiger partial charge on any atom is -0.284 e. The van der Waals surface area contributed by atoms with E-state index in [9.17, 15) is 21.6 Å². The second kappa shape index (κ2) is 5.58. The summed E-state index contributed by atoms with van der Waals surface area (Å²) < 4.78 is 63.2. The van der Waals surface area contributed by atoms with Gasteiger partial charge in [0.1, 0.15) is 0 Å². The molecule has 0 aliphatic rings. The number of hydrogen-bond acceptors (Lipinski definition) is 2. The Morgan fingerprint density at radius 2 is 1.89 bits per heavy atom. The van der Waals surface area contributed by atoms with Gasteiger partial charge in [-0.25, -0.2) is 8.42 Å². The first kappa shape index (κ1) is 16.1. The van der Waals surface area contributed by atoms with Gasteiger partial charge in [-0.1, -0.05) is 25.4 Å². The van der Waals surface area contributed by atoms with Crippen molar-refractivity contribution in [3.05, 3.63) is 28.8 Å². The van der Waals surface area contributed by atoms with Crippen LogP contribution in [0.25, 0.3) is 0 Å². The van der Waals surface area contributed by atoms with Crippen LogP contribution in [0, 0.1) is 5.92 Å². The lowest BCUT2D eigenvalue weighted by molar-refractivity contribution is -0.137. The van der Waals surface area contributed by atoms with Crippen molar-refractivity contribution in [2.45, 2.75) is 20.0 Å². The first-order chi connectivity index (χ1) is 8.51. The predicted molar refractivity (Wildman–Crippen MR) is 68.7 cm³/mol. The first-order valence-corrected chi connectivity index (χ1v) is 7.41. The molecule has 0 amide bonds. The van der Waals surface area contributed by atoms with Crippen LogP contribution in [0.15, 0.2) is 18.2 Å². The van der Waals surface area contributed by atoms with Gasteiger partial charge in [0.05, 0.1) is 16.3 Å². The van der Waals surface area contributed by atoms with E-state index in [4.69, 9.17) is 11.6 Å². The maximum atomic E-state index is 12.6. The molecule has 8 heteroatoms. The molecule has 1 rings (SSSR count). The average Bonchev–Trinajstić information content (AvgIpc) is 2.16. The lowest BCUT2D eigenvalue weighted by Crippen LogP contribution is -2.20. The lowest BCUT2D eigenvalue weighted by atomic mass is 10.2. The molecule has 0 unspecified atom stereocenters. The first-order valence-electron chi connectivity index (χ1n) is 5.38. The third kappa shape index (κ3) is 4.91. The smallest absolute Gasteiger partial charge is 0.284 e. The van der Waals surface area contributed by atoms with Crippen molar-refractivity contribution >= 4 is 27.3 Å². The zero-order valence-corrected chi connectivity index (χ0v) is 11.8. The predicted octanol–water partition coefficient (Wildman–Crippen LogP) is 3.76. The van der Waals surface area contributed by atoms with E-state index in [0.717, 1.165) is 6.07 Å². The molecule has 0 aliphatic heterocycles. The van der Waals surface area contributed by atoms with E-state index in [0.29, 0.717) is 6.07 Å². The van der Waals surface area contributed by atoms with Crippen LogP contribution in [0.4, 0.5) is 18.9 Å². The Morgan fingerprint density at radius 1 is 1.32 bits per heavy atom. The highest BCUT2D eigenvalue weighted by molar-refractivity contribution is 7.92. The quantitative estimate of drug-likeness (QED) is 0.919. The third-order valence-electron chi connectivity index (χ3n) is 2.10. The van der Waals surface area contributed by atoms with Crippen LogP contribution in [0.2, 0.25) is 5.02 Å². The van der Waals surface area contributed by atoms with Crippen LogP contribution >= 0.6 is 11.6 Å². The van der Waals surface area contributed by atoms with Gasteiger partial charge in [-0.05, 0) is 24.1 Å². The molecule has 0 radical (unpaired) electrons. The van der Waals surface area contributed by atoms with Gasteiger partial charge in [0.15, 0.2) is 0 Å². The molecule has 1 aromatic rings. The highest BCUT2D eigenvalue weighted by Crippen LogP contribution is 2.36. The molecule has 0 saturated heterocycles. The number of nitrogens with one attached hydrogen (secondary N) is 1. The zero-order chi connectivity index (χ0) is 14.8. The molecular weight excluding hydrogens is 303 g/mol. The summed E-state index contributed by atoms with van der Waals surface area (Å²) >= 11 is 5.44. The van der Waals surface area contributed by atoms with E-state index in [2.05, 4.69) is 4.72 Å². The molecule has 3 nitrogen and oxygen atoms in total. The van der Waals surface area contributed by atoms with Crippen molar-refractivity contribution in [2.24, 2.45) is 5.92 Å². The van der Waals surface area contributed by atoms with E-state index in [1.54, 1.807) is 13.8 Å². The number of hydrogen-bond donors (Lipinski definition) is 1. The summed E-state index contributed by atoms with van der Waals surface area (Å²) in [4.78, 5) is 0. The summed E-state index contributed by atoms with van der Waals surface area (Å²) in [6.45, 7) is 3.39. The SMILES string of the molecule is CC(C)CS(=O)(=O)Nc1ccc(Cl)c(C(F)(F)F)c1. The van der Waals surface area contributed by atoms with Gasteiger partial charge < -0.3 is 0 Å². The normalized spacial score (nSPS) is 12.8. The largest absolute Gasteiger partial charge is 0.417 e. The van der Waals surface area contributed by atoms with Crippen LogP contribution in [0.3, 0.4) is 0 Å². The van der Waals surface area contributed by atoms with Gasteiger partial charge >= 0.3 is 6.18 Å². The van der Waals surface area contributed by atoms with Gasteiger partial charge in [0, 0.05) is 5.69 Å². The summed E-state index contributed by atoms with van der Waals surface area (Å²) in [5.74, 6) is -0.302. The maximum Gasteiger partial charge on any atom is 0.417 e. The molecule has 0 spiro atoms. The van der Waals surface area contributed by atoms with Crippen LogP contribution in [-0.4, -0.2) is 14.2 Å². The van der Waals surface area contributed by atoms with E-state index < -0.39 is 26.8 Å². The summed E-state index contributed by atoms with van der Waals surface area (Å²) in [6, 6.07) is 2.88. The molecular formula is C11H13ClF3NO2S. The average molecular weight is 316 g/mol. The van der Waals surface area contributed by atoms with Crippen LogP contribution in [0.5, 0.6) is 0 Å². The number of halogens is 4. The Morgan fingerprint density at radius 3 is 2.37 bits per heavy atom. The second-order valence-corrected chi connectivity index (χ2v) is 6.64. The standard InChI is InChI=1S/C11H13ClF3NO2S/c1-7(2)6-19(17,18)16-8-3-4-10(12)9(5-8)11(13,14)15/h3-5,7,16H,6H2,1-2H3. The van der Waals surface area contributed by atoms with Gasteiger partial charge in [-0.2, -0.15) is 13.2 Å². The van der Waals surface area contributed by atoms with Gasteiger partial charge in [-0.3, -0.25) is 4.72 Å². The summed E-state index contributed by atoms with van der Waals surface area (Å²) in [5, 5.41) is -0.473. The Hall–Kier alpha value is -0.950. The monoisotopic (exact) mass is 315 g/mol. The number of anilines is 1. The minimum atomic E-state index is -4.63. The van der Waals surface area contributed by atoms with Crippen LogP contribution in [0.1, 0.15) is 19.4 Å². The van der Waals surface area contributed by atoms with Crippen molar-refractivity contribution in [3.8, 4) is 0 Å². The summed E-state index contributed by atoms with van der Waals surface area (Å²) in [7, 11) is -3.67. The lowest BCUT2D eigenvalue weighted by Gasteiger charge is -2.13. The van der Waals surface area contributed by atoms with Gasteiger partial charge in [0.25, 0.3) is 0 Å². The minimum absolute atomic E-state index is 0.133. The fourth-order valence-corrected chi connectivity index (χ4v) is 3.14. The molecule has 0 aliphatic carbocycles. The fourth-order valence-electron chi connectivity index (χ4n) is 1.47. The Balaban J connectivity index is 3.05. The number of rotatable bonds is 4. The highest BCUT2D eigenvalue weighted by Gasteiger charge is 2.33. The molecule has 0 bridgehead atoms. The van der Waals surface area contributed by atoms with Crippen molar-refractivity contribution in [2.75, 3.05) is 10.5 Å². The summed E-state index contributed by atoms with van der Waals surface area (Å²) in [5.41, 5.74) is -1.23.